The largest absolute Gasteiger partial charge is 0.416 e. The summed E-state index contributed by atoms with van der Waals surface area (Å²) in [6.07, 6.45) is -1.21. The molecule has 0 radical (unpaired) electrons. The molecule has 1 aromatic rings. The van der Waals surface area contributed by atoms with Crippen molar-refractivity contribution in [2.75, 3.05) is 0 Å². The van der Waals surface area contributed by atoms with Crippen molar-refractivity contribution < 1.29 is 13.2 Å². The molecule has 0 saturated heterocycles. The van der Waals surface area contributed by atoms with Crippen LogP contribution in [0.4, 0.5) is 13.2 Å². The SMILES string of the molecule is CC1CCC(C(C)(C)c2ccccc2C(F)(F)F)C(Br)C1. The Labute approximate surface area is 133 Å². The second kappa shape index (κ2) is 5.94. The van der Waals surface area contributed by atoms with Gasteiger partial charge in [0, 0.05) is 4.83 Å². The Morgan fingerprint density at radius 1 is 1.05 bits per heavy atom. The lowest BCUT2D eigenvalue weighted by molar-refractivity contribution is -0.139. The highest BCUT2D eigenvalue weighted by Crippen LogP contribution is 2.48. The van der Waals surface area contributed by atoms with Crippen molar-refractivity contribution in [1.29, 1.82) is 0 Å². The molecule has 1 aromatic carbocycles. The first-order chi connectivity index (χ1) is 9.64. The second-order valence-electron chi connectivity index (χ2n) is 6.81. The summed E-state index contributed by atoms with van der Waals surface area (Å²) in [4.78, 5) is 0.275. The minimum Gasteiger partial charge on any atom is -0.166 e. The molecule has 118 valence electrons. The van der Waals surface area contributed by atoms with Crippen molar-refractivity contribution in [3.8, 4) is 0 Å². The summed E-state index contributed by atoms with van der Waals surface area (Å²) in [5.41, 5.74) is -0.574. The maximum absolute atomic E-state index is 13.3. The minimum atomic E-state index is -4.29. The average molecular weight is 363 g/mol. The smallest absolute Gasteiger partial charge is 0.166 e. The molecule has 0 amide bonds. The Morgan fingerprint density at radius 3 is 2.14 bits per heavy atom. The molecule has 0 spiro atoms. The van der Waals surface area contributed by atoms with Crippen LogP contribution in [0.3, 0.4) is 0 Å². The zero-order valence-electron chi connectivity index (χ0n) is 12.7. The highest BCUT2D eigenvalue weighted by atomic mass is 79.9. The lowest BCUT2D eigenvalue weighted by atomic mass is 9.65. The maximum Gasteiger partial charge on any atom is 0.416 e. The monoisotopic (exact) mass is 362 g/mol. The Bertz CT molecular complexity index is 493. The van der Waals surface area contributed by atoms with Crippen molar-refractivity contribution in [2.24, 2.45) is 11.8 Å². The fraction of sp³-hybridized carbons (Fsp3) is 0.647. The van der Waals surface area contributed by atoms with Crippen LogP contribution in [0.25, 0.3) is 0 Å². The summed E-state index contributed by atoms with van der Waals surface area (Å²) < 4.78 is 39.9. The molecule has 0 nitrogen and oxygen atoms in total. The van der Waals surface area contributed by atoms with E-state index in [0.717, 1.165) is 19.3 Å². The van der Waals surface area contributed by atoms with E-state index in [1.165, 1.54) is 12.1 Å². The van der Waals surface area contributed by atoms with E-state index in [2.05, 4.69) is 22.9 Å². The van der Waals surface area contributed by atoms with Gasteiger partial charge in [-0.15, -0.1) is 0 Å². The molecule has 3 unspecified atom stereocenters. The van der Waals surface area contributed by atoms with Crippen molar-refractivity contribution in [3.05, 3.63) is 35.4 Å². The summed E-state index contributed by atoms with van der Waals surface area (Å²) in [6, 6.07) is 6.02. The minimum absolute atomic E-state index is 0.220. The summed E-state index contributed by atoms with van der Waals surface area (Å²) >= 11 is 3.72. The van der Waals surface area contributed by atoms with Gasteiger partial charge in [-0.05, 0) is 41.7 Å². The quantitative estimate of drug-likeness (QED) is 0.550. The molecule has 2 rings (SSSR count). The second-order valence-corrected chi connectivity index (χ2v) is 7.98. The Balaban J connectivity index is 2.40. The molecule has 21 heavy (non-hydrogen) atoms. The first-order valence-corrected chi connectivity index (χ1v) is 8.36. The molecular formula is C17H22BrF3. The summed E-state index contributed by atoms with van der Waals surface area (Å²) in [5.74, 6) is 0.858. The van der Waals surface area contributed by atoms with Gasteiger partial charge >= 0.3 is 6.18 Å². The average Bonchev–Trinajstić information content (AvgIpc) is 2.37. The van der Waals surface area contributed by atoms with Crippen LogP contribution in [0, 0.1) is 11.8 Å². The number of hydrogen-bond donors (Lipinski definition) is 0. The van der Waals surface area contributed by atoms with Crippen molar-refractivity contribution >= 4 is 15.9 Å². The van der Waals surface area contributed by atoms with Gasteiger partial charge in [0.25, 0.3) is 0 Å². The standard InChI is InChI=1S/C17H22BrF3/c1-11-8-9-14(15(18)10-11)16(2,3)12-6-4-5-7-13(12)17(19,20)21/h4-7,11,14-15H,8-10H2,1-3H3. The molecule has 0 N–H and O–H groups in total. The Kier molecular flexibility index (Phi) is 4.77. The number of benzene rings is 1. The first kappa shape index (κ1) is 16.9. The van der Waals surface area contributed by atoms with Gasteiger partial charge in [0.05, 0.1) is 5.56 Å². The maximum atomic E-state index is 13.3. The van der Waals surface area contributed by atoms with Crippen LogP contribution in [0.5, 0.6) is 0 Å². The number of rotatable bonds is 2. The van der Waals surface area contributed by atoms with Crippen molar-refractivity contribution in [2.45, 2.75) is 56.5 Å². The normalized spacial score (nSPS) is 27.7. The van der Waals surface area contributed by atoms with Crippen LogP contribution < -0.4 is 0 Å². The molecule has 1 fully saturated rings. The summed E-state index contributed by atoms with van der Waals surface area (Å²) in [7, 11) is 0. The zero-order valence-corrected chi connectivity index (χ0v) is 14.3. The van der Waals surface area contributed by atoms with Crippen LogP contribution in [-0.4, -0.2) is 4.83 Å². The third-order valence-corrected chi connectivity index (χ3v) is 5.90. The van der Waals surface area contributed by atoms with Crippen LogP contribution in [0.15, 0.2) is 24.3 Å². The van der Waals surface area contributed by atoms with E-state index >= 15 is 0 Å². The Morgan fingerprint density at radius 2 is 1.62 bits per heavy atom. The summed E-state index contributed by atoms with van der Waals surface area (Å²) in [5, 5.41) is 0. The van der Waals surface area contributed by atoms with E-state index in [1.54, 1.807) is 12.1 Å². The fourth-order valence-corrected chi connectivity index (χ4v) is 5.18. The number of hydrogen-bond acceptors (Lipinski definition) is 0. The molecule has 1 saturated carbocycles. The van der Waals surface area contributed by atoms with Gasteiger partial charge in [0.2, 0.25) is 0 Å². The van der Waals surface area contributed by atoms with Gasteiger partial charge in [0.15, 0.2) is 0 Å². The Hall–Kier alpha value is -0.510. The zero-order chi connectivity index (χ0) is 15.8. The number of alkyl halides is 4. The molecule has 4 heteroatoms. The molecular weight excluding hydrogens is 341 g/mol. The van der Waals surface area contributed by atoms with Crippen LogP contribution in [0.2, 0.25) is 0 Å². The van der Waals surface area contributed by atoms with Crippen molar-refractivity contribution in [1.82, 2.24) is 0 Å². The highest BCUT2D eigenvalue weighted by molar-refractivity contribution is 9.09. The van der Waals surface area contributed by atoms with E-state index in [9.17, 15) is 13.2 Å². The lowest BCUT2D eigenvalue weighted by Crippen LogP contribution is -2.39. The van der Waals surface area contributed by atoms with Gasteiger partial charge in [-0.3, -0.25) is 0 Å². The third kappa shape index (κ3) is 3.46. The van der Waals surface area contributed by atoms with Gasteiger partial charge in [-0.2, -0.15) is 13.2 Å². The molecule has 0 aliphatic heterocycles. The van der Waals surface area contributed by atoms with Crippen LogP contribution in [0.1, 0.15) is 51.2 Å². The summed E-state index contributed by atoms with van der Waals surface area (Å²) in [6.45, 7) is 6.11. The van der Waals surface area contributed by atoms with E-state index < -0.39 is 17.2 Å². The van der Waals surface area contributed by atoms with E-state index in [4.69, 9.17) is 0 Å². The molecule has 1 aliphatic rings. The molecule has 3 atom stereocenters. The van der Waals surface area contributed by atoms with Crippen LogP contribution in [-0.2, 0) is 11.6 Å². The first-order valence-electron chi connectivity index (χ1n) is 7.44. The number of halogens is 4. The van der Waals surface area contributed by atoms with Gasteiger partial charge < -0.3 is 0 Å². The van der Waals surface area contributed by atoms with E-state index in [1.807, 2.05) is 13.8 Å². The predicted molar refractivity (Wildman–Crippen MR) is 83.7 cm³/mol. The van der Waals surface area contributed by atoms with Gasteiger partial charge in [-0.1, -0.05) is 61.3 Å². The van der Waals surface area contributed by atoms with E-state index in [0.29, 0.717) is 11.5 Å². The van der Waals surface area contributed by atoms with Gasteiger partial charge in [0.1, 0.15) is 0 Å². The predicted octanol–water partition coefficient (Wildman–Crippen LogP) is 6.18. The fourth-order valence-electron chi connectivity index (χ4n) is 3.62. The van der Waals surface area contributed by atoms with E-state index in [-0.39, 0.29) is 10.7 Å². The highest BCUT2D eigenvalue weighted by Gasteiger charge is 2.43. The van der Waals surface area contributed by atoms with Gasteiger partial charge in [-0.25, -0.2) is 0 Å². The molecule has 0 aromatic heterocycles. The third-order valence-electron chi connectivity index (χ3n) is 4.89. The topological polar surface area (TPSA) is 0 Å². The molecule has 0 heterocycles. The molecule has 1 aliphatic carbocycles. The molecule has 0 bridgehead atoms. The lowest BCUT2D eigenvalue weighted by Gasteiger charge is -2.43. The van der Waals surface area contributed by atoms with Crippen molar-refractivity contribution in [3.63, 3.8) is 0 Å². The van der Waals surface area contributed by atoms with Crippen LogP contribution >= 0.6 is 15.9 Å².